The Bertz CT molecular complexity index is 155. The molecular formula is C5H12N2O2S. The lowest BCUT2D eigenvalue weighted by Crippen LogP contribution is -2.32. The molecule has 1 rings (SSSR count). The van der Waals surface area contributed by atoms with E-state index in [1.54, 1.807) is 0 Å². The highest BCUT2D eigenvalue weighted by molar-refractivity contribution is 7.72. The van der Waals surface area contributed by atoms with E-state index in [0.29, 0.717) is 6.04 Å². The standard InChI is InChI=1S/C5H12N2O2S/c8-10(9)4-7-5-1-2-6-3-5/h5-7,10H,1-4H2. The maximum absolute atomic E-state index is 10.1. The molecule has 0 aromatic rings. The zero-order valence-corrected chi connectivity index (χ0v) is 6.56. The molecule has 60 valence electrons. The molecule has 0 spiro atoms. The zero-order valence-electron chi connectivity index (χ0n) is 5.67. The van der Waals surface area contributed by atoms with Crippen LogP contribution in [0.3, 0.4) is 0 Å². The maximum Gasteiger partial charge on any atom is 0.153 e. The van der Waals surface area contributed by atoms with Crippen LogP contribution in [-0.2, 0) is 10.7 Å². The molecule has 0 aromatic heterocycles. The molecule has 1 saturated heterocycles. The molecule has 1 heterocycles. The quantitative estimate of drug-likeness (QED) is 0.445. The second-order valence-corrected chi connectivity index (χ2v) is 3.37. The number of nitrogens with one attached hydrogen (secondary N) is 2. The topological polar surface area (TPSA) is 58.2 Å². The van der Waals surface area contributed by atoms with Crippen LogP contribution in [0.2, 0.25) is 0 Å². The van der Waals surface area contributed by atoms with Gasteiger partial charge in [0.1, 0.15) is 0 Å². The minimum absolute atomic E-state index is 0.113. The van der Waals surface area contributed by atoms with Gasteiger partial charge in [-0.25, -0.2) is 8.42 Å². The third-order valence-electron chi connectivity index (χ3n) is 1.57. The minimum Gasteiger partial charge on any atom is -0.315 e. The molecule has 1 aliphatic heterocycles. The van der Waals surface area contributed by atoms with E-state index in [1.165, 1.54) is 0 Å². The number of thiol groups is 1. The van der Waals surface area contributed by atoms with Crippen molar-refractivity contribution in [2.45, 2.75) is 12.5 Å². The van der Waals surface area contributed by atoms with Crippen LogP contribution in [0, 0.1) is 0 Å². The molecule has 1 unspecified atom stereocenters. The Morgan fingerprint density at radius 3 is 2.90 bits per heavy atom. The third-order valence-corrected chi connectivity index (χ3v) is 2.01. The van der Waals surface area contributed by atoms with Crippen LogP contribution in [0.5, 0.6) is 0 Å². The smallest absolute Gasteiger partial charge is 0.153 e. The van der Waals surface area contributed by atoms with Gasteiger partial charge in [0.25, 0.3) is 0 Å². The van der Waals surface area contributed by atoms with Crippen molar-refractivity contribution in [2.24, 2.45) is 0 Å². The lowest BCUT2D eigenvalue weighted by Gasteiger charge is -2.05. The summed E-state index contributed by atoms with van der Waals surface area (Å²) in [5, 5.41) is 6.06. The van der Waals surface area contributed by atoms with Crippen LogP contribution in [0.4, 0.5) is 0 Å². The van der Waals surface area contributed by atoms with Crippen molar-refractivity contribution in [1.29, 1.82) is 0 Å². The van der Waals surface area contributed by atoms with Gasteiger partial charge in [-0.2, -0.15) is 0 Å². The molecule has 1 fully saturated rings. The van der Waals surface area contributed by atoms with Gasteiger partial charge in [-0.1, -0.05) is 0 Å². The first-order valence-corrected chi connectivity index (χ1v) is 4.71. The molecule has 1 aliphatic rings. The Morgan fingerprint density at radius 1 is 1.60 bits per heavy atom. The maximum atomic E-state index is 10.1. The number of rotatable bonds is 3. The largest absolute Gasteiger partial charge is 0.315 e. The van der Waals surface area contributed by atoms with Crippen LogP contribution >= 0.6 is 0 Å². The van der Waals surface area contributed by atoms with Gasteiger partial charge in [0.15, 0.2) is 10.7 Å². The van der Waals surface area contributed by atoms with Crippen molar-refractivity contribution < 1.29 is 8.42 Å². The first kappa shape index (κ1) is 7.97. The van der Waals surface area contributed by atoms with Crippen molar-refractivity contribution in [3.63, 3.8) is 0 Å². The Kier molecular flexibility index (Phi) is 3.11. The lowest BCUT2D eigenvalue weighted by molar-refractivity contribution is 0.569. The molecule has 4 nitrogen and oxygen atoms in total. The fraction of sp³-hybridized carbons (Fsp3) is 1.00. The van der Waals surface area contributed by atoms with Crippen molar-refractivity contribution in [3.05, 3.63) is 0 Å². The van der Waals surface area contributed by atoms with E-state index >= 15 is 0 Å². The van der Waals surface area contributed by atoms with Gasteiger partial charge in [-0.15, -0.1) is 0 Å². The van der Waals surface area contributed by atoms with Crippen LogP contribution in [0.25, 0.3) is 0 Å². The molecule has 0 saturated carbocycles. The molecular weight excluding hydrogens is 152 g/mol. The van der Waals surface area contributed by atoms with Gasteiger partial charge in [0, 0.05) is 12.6 Å². The summed E-state index contributed by atoms with van der Waals surface area (Å²) in [7, 11) is -2.26. The van der Waals surface area contributed by atoms with Crippen LogP contribution < -0.4 is 10.6 Å². The molecule has 2 N–H and O–H groups in total. The Labute approximate surface area is 62.0 Å². The Balaban J connectivity index is 2.12. The third kappa shape index (κ3) is 2.64. The Morgan fingerprint density at radius 2 is 2.40 bits per heavy atom. The summed E-state index contributed by atoms with van der Waals surface area (Å²) in [6, 6.07) is 0.355. The fourth-order valence-electron chi connectivity index (χ4n) is 1.03. The van der Waals surface area contributed by atoms with E-state index in [1.807, 2.05) is 0 Å². The highest BCUT2D eigenvalue weighted by Gasteiger charge is 2.12. The van der Waals surface area contributed by atoms with Crippen molar-refractivity contribution in [1.82, 2.24) is 10.6 Å². The predicted molar refractivity (Wildman–Crippen MR) is 39.6 cm³/mol. The molecule has 0 radical (unpaired) electrons. The molecule has 1 atom stereocenters. The summed E-state index contributed by atoms with van der Waals surface area (Å²) < 4.78 is 20.2. The molecule has 10 heavy (non-hydrogen) atoms. The summed E-state index contributed by atoms with van der Waals surface area (Å²) in [5.41, 5.74) is 0. The normalized spacial score (nSPS) is 25.9. The monoisotopic (exact) mass is 164 g/mol. The predicted octanol–water partition coefficient (Wildman–Crippen LogP) is -1.49. The van der Waals surface area contributed by atoms with E-state index in [9.17, 15) is 8.42 Å². The fourth-order valence-corrected chi connectivity index (χ4v) is 1.44. The summed E-state index contributed by atoms with van der Waals surface area (Å²) in [6.07, 6.45) is 1.03. The number of hydrogen-bond donors (Lipinski definition) is 3. The summed E-state index contributed by atoms with van der Waals surface area (Å²) >= 11 is 0. The van der Waals surface area contributed by atoms with Gasteiger partial charge in [-0.05, 0) is 13.0 Å². The first-order chi connectivity index (χ1) is 4.79. The molecule has 0 aromatic carbocycles. The SMILES string of the molecule is O=[SH](=O)CNC1CCNC1. The van der Waals surface area contributed by atoms with Gasteiger partial charge in [0.2, 0.25) is 0 Å². The van der Waals surface area contributed by atoms with E-state index in [-0.39, 0.29) is 5.88 Å². The second-order valence-electron chi connectivity index (χ2n) is 2.38. The molecule has 0 amide bonds. The van der Waals surface area contributed by atoms with Crippen molar-refractivity contribution >= 4 is 10.7 Å². The van der Waals surface area contributed by atoms with E-state index in [0.717, 1.165) is 19.5 Å². The van der Waals surface area contributed by atoms with Crippen LogP contribution in [-0.4, -0.2) is 33.4 Å². The molecule has 0 aliphatic carbocycles. The average Bonchev–Trinajstić information content (AvgIpc) is 2.34. The number of hydrogen-bond acceptors (Lipinski definition) is 4. The van der Waals surface area contributed by atoms with E-state index in [2.05, 4.69) is 10.6 Å². The minimum atomic E-state index is -2.26. The van der Waals surface area contributed by atoms with Gasteiger partial charge >= 0.3 is 0 Å². The molecule has 0 bridgehead atoms. The van der Waals surface area contributed by atoms with Crippen LogP contribution in [0.1, 0.15) is 6.42 Å². The lowest BCUT2D eigenvalue weighted by atomic mass is 10.3. The van der Waals surface area contributed by atoms with Gasteiger partial charge < -0.3 is 5.32 Å². The second kappa shape index (κ2) is 3.90. The molecule has 5 heteroatoms. The van der Waals surface area contributed by atoms with E-state index < -0.39 is 10.7 Å². The summed E-state index contributed by atoms with van der Waals surface area (Å²) in [4.78, 5) is 0. The average molecular weight is 164 g/mol. The highest BCUT2D eigenvalue weighted by Crippen LogP contribution is 1.95. The Hall–Kier alpha value is -0.130. The van der Waals surface area contributed by atoms with Gasteiger partial charge in [-0.3, -0.25) is 5.32 Å². The van der Waals surface area contributed by atoms with Crippen molar-refractivity contribution in [2.75, 3.05) is 19.0 Å². The summed E-state index contributed by atoms with van der Waals surface area (Å²) in [6.45, 7) is 1.89. The zero-order chi connectivity index (χ0) is 7.40. The highest BCUT2D eigenvalue weighted by atomic mass is 32.2. The summed E-state index contributed by atoms with van der Waals surface area (Å²) in [5.74, 6) is 0.113. The van der Waals surface area contributed by atoms with Crippen LogP contribution in [0.15, 0.2) is 0 Å². The van der Waals surface area contributed by atoms with Crippen molar-refractivity contribution in [3.8, 4) is 0 Å². The first-order valence-electron chi connectivity index (χ1n) is 3.35. The van der Waals surface area contributed by atoms with Gasteiger partial charge in [0.05, 0.1) is 5.88 Å². The van der Waals surface area contributed by atoms with E-state index in [4.69, 9.17) is 0 Å².